The zero-order chi connectivity index (χ0) is 30.9. The Morgan fingerprint density at radius 3 is 1.39 bits per heavy atom. The summed E-state index contributed by atoms with van der Waals surface area (Å²) in [5, 5.41) is 10.6. The van der Waals surface area contributed by atoms with Gasteiger partial charge in [0.1, 0.15) is 0 Å². The van der Waals surface area contributed by atoms with Crippen LogP contribution in [0.25, 0.3) is 76.5 Å². The summed E-state index contributed by atoms with van der Waals surface area (Å²) in [6.07, 6.45) is 0. The molecule has 46 heavy (non-hydrogen) atoms. The maximum absolute atomic E-state index is 2.54. The van der Waals surface area contributed by atoms with E-state index in [4.69, 9.17) is 0 Å². The lowest BCUT2D eigenvalue weighted by molar-refractivity contribution is 0.652. The quantitative estimate of drug-likeness (QED) is 0.168. The highest BCUT2D eigenvalue weighted by atomic mass is 14.4. The highest BCUT2D eigenvalue weighted by Crippen LogP contribution is 2.57. The normalized spacial score (nSPS) is 15.3. The Morgan fingerprint density at radius 1 is 0.304 bits per heavy atom. The van der Waals surface area contributed by atoms with Crippen molar-refractivity contribution in [3.8, 4) is 33.4 Å². The summed E-state index contributed by atoms with van der Waals surface area (Å²) in [4.78, 5) is 0. The first-order chi connectivity index (χ1) is 22.3. The van der Waals surface area contributed by atoms with Crippen LogP contribution < -0.4 is 0 Å². The molecule has 8 aromatic rings. The van der Waals surface area contributed by atoms with Gasteiger partial charge in [-0.1, -0.05) is 125 Å². The number of hydrogen-bond donors (Lipinski definition) is 0. The average Bonchev–Trinajstić information content (AvgIpc) is 3.45. The first kappa shape index (κ1) is 26.1. The van der Waals surface area contributed by atoms with Gasteiger partial charge >= 0.3 is 0 Å². The molecule has 0 heteroatoms. The molecule has 0 saturated heterocycles. The second-order valence-corrected chi connectivity index (χ2v) is 14.6. The topological polar surface area (TPSA) is 0 Å². The smallest absolute Gasteiger partial charge is 0.0159 e. The van der Waals surface area contributed by atoms with E-state index in [1.165, 1.54) is 98.7 Å². The fourth-order valence-corrected chi connectivity index (χ4v) is 8.91. The van der Waals surface area contributed by atoms with Gasteiger partial charge in [-0.25, -0.2) is 0 Å². The Bertz CT molecular complexity index is 2630. The van der Waals surface area contributed by atoms with E-state index < -0.39 is 0 Å². The van der Waals surface area contributed by atoms with E-state index in [1.807, 2.05) is 0 Å². The molecule has 2 aliphatic rings. The minimum atomic E-state index is -0.0986. The van der Waals surface area contributed by atoms with Crippen LogP contribution in [0, 0.1) is 0 Å². The highest BCUT2D eigenvalue weighted by molar-refractivity contribution is 6.26. The predicted octanol–water partition coefficient (Wildman–Crippen LogP) is 12.6. The molecule has 0 saturated carbocycles. The van der Waals surface area contributed by atoms with Crippen molar-refractivity contribution in [2.75, 3.05) is 0 Å². The standard InChI is InChI=1S/C46H34/c1-45(2)41-22-30(29-18-17-27-11-5-6-12-28(27)21-29)19-20-35(41)39-25-44-40(26-43(39)45)38-23-36-33-15-9-7-13-31(33)32-14-8-10-16-34(32)37(36)24-42(38)46(44,3)4/h5-26H,1-4H3. The summed E-state index contributed by atoms with van der Waals surface area (Å²) in [7, 11) is 0. The Hall–Kier alpha value is -5.20. The molecule has 8 aromatic carbocycles. The van der Waals surface area contributed by atoms with E-state index in [0.29, 0.717) is 0 Å². The summed E-state index contributed by atoms with van der Waals surface area (Å²) < 4.78 is 0. The number of hydrogen-bond acceptors (Lipinski definition) is 0. The van der Waals surface area contributed by atoms with E-state index in [9.17, 15) is 0 Å². The molecule has 0 spiro atoms. The second kappa shape index (κ2) is 8.74. The van der Waals surface area contributed by atoms with Gasteiger partial charge in [0, 0.05) is 10.8 Å². The lowest BCUT2D eigenvalue weighted by Gasteiger charge is -2.24. The maximum atomic E-state index is 2.54. The van der Waals surface area contributed by atoms with Crippen LogP contribution >= 0.6 is 0 Å². The van der Waals surface area contributed by atoms with Crippen molar-refractivity contribution in [3.63, 3.8) is 0 Å². The van der Waals surface area contributed by atoms with E-state index >= 15 is 0 Å². The number of benzene rings is 8. The van der Waals surface area contributed by atoms with Gasteiger partial charge < -0.3 is 0 Å². The number of rotatable bonds is 1. The van der Waals surface area contributed by atoms with Gasteiger partial charge in [-0.2, -0.15) is 0 Å². The van der Waals surface area contributed by atoms with Gasteiger partial charge in [-0.3, -0.25) is 0 Å². The molecule has 0 heterocycles. The van der Waals surface area contributed by atoms with Crippen LogP contribution in [0.15, 0.2) is 133 Å². The molecule has 0 amide bonds. The minimum Gasteiger partial charge on any atom is -0.0616 e. The molecular weight excluding hydrogens is 553 g/mol. The van der Waals surface area contributed by atoms with Crippen LogP contribution in [0.5, 0.6) is 0 Å². The molecule has 0 unspecified atom stereocenters. The van der Waals surface area contributed by atoms with Crippen LogP contribution in [0.1, 0.15) is 49.9 Å². The van der Waals surface area contributed by atoms with Crippen LogP contribution in [-0.4, -0.2) is 0 Å². The molecule has 10 rings (SSSR count). The lowest BCUT2D eigenvalue weighted by Crippen LogP contribution is -2.17. The van der Waals surface area contributed by atoms with Crippen LogP contribution in [0.2, 0.25) is 0 Å². The Balaban J connectivity index is 1.18. The first-order valence-electron chi connectivity index (χ1n) is 16.5. The maximum Gasteiger partial charge on any atom is 0.0159 e. The lowest BCUT2D eigenvalue weighted by atomic mass is 9.79. The Labute approximate surface area is 270 Å². The zero-order valence-corrected chi connectivity index (χ0v) is 26.7. The average molecular weight is 587 g/mol. The molecule has 0 radical (unpaired) electrons. The fourth-order valence-electron chi connectivity index (χ4n) is 8.91. The molecule has 0 aliphatic heterocycles. The molecule has 0 N–H and O–H groups in total. The van der Waals surface area contributed by atoms with Crippen molar-refractivity contribution in [1.29, 1.82) is 0 Å². The SMILES string of the molecule is CC1(C)c2cc(-c3ccc4ccccc4c3)ccc2-c2cc3c(cc21)-c1cc2c4ccccc4c4ccccc4c2cc1C3(C)C. The van der Waals surface area contributed by atoms with Crippen molar-refractivity contribution in [3.05, 3.63) is 156 Å². The second-order valence-electron chi connectivity index (χ2n) is 14.6. The summed E-state index contributed by atoms with van der Waals surface area (Å²) in [5.74, 6) is 0. The first-order valence-corrected chi connectivity index (χ1v) is 16.5. The summed E-state index contributed by atoms with van der Waals surface area (Å²) in [6, 6.07) is 50.6. The molecule has 0 atom stereocenters. The third-order valence-electron chi connectivity index (χ3n) is 11.4. The zero-order valence-electron chi connectivity index (χ0n) is 26.7. The molecular formula is C46H34. The van der Waals surface area contributed by atoms with Crippen LogP contribution in [0.4, 0.5) is 0 Å². The van der Waals surface area contributed by atoms with E-state index in [2.05, 4.69) is 161 Å². The van der Waals surface area contributed by atoms with Crippen molar-refractivity contribution in [2.24, 2.45) is 0 Å². The van der Waals surface area contributed by atoms with Gasteiger partial charge in [-0.15, -0.1) is 0 Å². The molecule has 0 aromatic heterocycles. The van der Waals surface area contributed by atoms with Crippen LogP contribution in [-0.2, 0) is 10.8 Å². The van der Waals surface area contributed by atoms with Crippen molar-refractivity contribution < 1.29 is 0 Å². The molecule has 2 aliphatic carbocycles. The van der Waals surface area contributed by atoms with Gasteiger partial charge in [0.2, 0.25) is 0 Å². The predicted molar refractivity (Wildman–Crippen MR) is 197 cm³/mol. The molecule has 0 fully saturated rings. The fraction of sp³-hybridized carbons (Fsp3) is 0.130. The highest BCUT2D eigenvalue weighted by Gasteiger charge is 2.42. The third-order valence-corrected chi connectivity index (χ3v) is 11.4. The van der Waals surface area contributed by atoms with Gasteiger partial charge in [0.25, 0.3) is 0 Å². The van der Waals surface area contributed by atoms with Crippen molar-refractivity contribution in [2.45, 2.75) is 38.5 Å². The molecule has 218 valence electrons. The largest absolute Gasteiger partial charge is 0.0616 e. The van der Waals surface area contributed by atoms with Crippen molar-refractivity contribution in [1.82, 2.24) is 0 Å². The summed E-state index contributed by atoms with van der Waals surface area (Å²) in [6.45, 7) is 9.66. The van der Waals surface area contributed by atoms with Gasteiger partial charge in [0.15, 0.2) is 0 Å². The molecule has 0 bridgehead atoms. The molecule has 0 nitrogen and oxygen atoms in total. The minimum absolute atomic E-state index is 0.0980. The van der Waals surface area contributed by atoms with Crippen LogP contribution in [0.3, 0.4) is 0 Å². The van der Waals surface area contributed by atoms with E-state index in [0.717, 1.165) is 0 Å². The summed E-state index contributed by atoms with van der Waals surface area (Å²) >= 11 is 0. The third kappa shape index (κ3) is 3.29. The van der Waals surface area contributed by atoms with Gasteiger partial charge in [0.05, 0.1) is 0 Å². The van der Waals surface area contributed by atoms with E-state index in [1.54, 1.807) is 0 Å². The van der Waals surface area contributed by atoms with E-state index in [-0.39, 0.29) is 10.8 Å². The van der Waals surface area contributed by atoms with Crippen molar-refractivity contribution >= 4 is 43.1 Å². The van der Waals surface area contributed by atoms with Gasteiger partial charge in [-0.05, 0) is 135 Å². The number of fused-ring (bicyclic) bond motifs is 13. The summed E-state index contributed by atoms with van der Waals surface area (Å²) in [5.41, 5.74) is 13.6. The Morgan fingerprint density at radius 2 is 0.739 bits per heavy atom. The Kier molecular flexibility index (Phi) is 4.95. The monoisotopic (exact) mass is 586 g/mol.